The molecule has 5 nitrogen and oxygen atoms in total. The first-order valence-electron chi connectivity index (χ1n) is 7.22. The van der Waals surface area contributed by atoms with Gasteiger partial charge in [0.2, 0.25) is 5.91 Å². The normalized spacial score (nSPS) is 10.5. The molecule has 3 rings (SSSR count). The number of aromatic nitrogens is 1. The number of hydrogen-bond acceptors (Lipinski definition) is 5. The number of amides is 1. The molecule has 1 N–H and O–H groups in total. The largest absolute Gasteiger partial charge is 0.545 e. The Balaban J connectivity index is 1.71. The highest BCUT2D eigenvalue weighted by Crippen LogP contribution is 2.24. The van der Waals surface area contributed by atoms with Crippen LogP contribution in [0.4, 0.5) is 5.69 Å². The van der Waals surface area contributed by atoms with Crippen molar-refractivity contribution in [2.24, 2.45) is 0 Å². The summed E-state index contributed by atoms with van der Waals surface area (Å²) in [6, 6.07) is 15.7. The van der Waals surface area contributed by atoms with E-state index < -0.39 is 5.97 Å². The Kier molecular flexibility index (Phi) is 4.77. The zero-order chi connectivity index (χ0) is 16.9. The van der Waals surface area contributed by atoms with Crippen LogP contribution < -0.4 is 10.4 Å². The van der Waals surface area contributed by atoms with Crippen LogP contribution in [0, 0.1) is 0 Å². The molecule has 120 valence electrons. The van der Waals surface area contributed by atoms with Gasteiger partial charge >= 0.3 is 0 Å². The van der Waals surface area contributed by atoms with E-state index in [0.717, 1.165) is 22.7 Å². The second-order valence-electron chi connectivity index (χ2n) is 5.00. The summed E-state index contributed by atoms with van der Waals surface area (Å²) < 4.78 is 0. The van der Waals surface area contributed by atoms with E-state index in [9.17, 15) is 14.7 Å². The van der Waals surface area contributed by atoms with Crippen LogP contribution >= 0.6 is 11.8 Å². The summed E-state index contributed by atoms with van der Waals surface area (Å²) in [7, 11) is 0. The molecule has 0 atom stereocenters. The van der Waals surface area contributed by atoms with E-state index in [4.69, 9.17) is 0 Å². The molecule has 0 saturated carbocycles. The summed E-state index contributed by atoms with van der Waals surface area (Å²) in [5.41, 5.74) is 1.56. The molecule has 24 heavy (non-hydrogen) atoms. The summed E-state index contributed by atoms with van der Waals surface area (Å²) in [5, 5.41) is 14.8. The number of benzene rings is 2. The number of para-hydroxylation sites is 1. The van der Waals surface area contributed by atoms with Crippen molar-refractivity contribution in [2.75, 3.05) is 11.1 Å². The fourth-order valence-electron chi connectivity index (χ4n) is 2.30. The lowest BCUT2D eigenvalue weighted by Gasteiger charge is -2.11. The van der Waals surface area contributed by atoms with Crippen molar-refractivity contribution in [3.8, 4) is 0 Å². The van der Waals surface area contributed by atoms with Crippen molar-refractivity contribution in [1.29, 1.82) is 0 Å². The molecule has 0 aliphatic rings. The predicted octanol–water partition coefficient (Wildman–Crippen LogP) is 2.33. The van der Waals surface area contributed by atoms with Crippen LogP contribution in [-0.2, 0) is 4.79 Å². The number of hydrogen-bond donors (Lipinski definition) is 1. The molecule has 3 aromatic rings. The lowest BCUT2D eigenvalue weighted by molar-refractivity contribution is -0.255. The number of rotatable bonds is 5. The molecular weight excluding hydrogens is 324 g/mol. The Hall–Kier alpha value is -2.86. The molecule has 1 heterocycles. The van der Waals surface area contributed by atoms with Crippen molar-refractivity contribution in [2.45, 2.75) is 4.90 Å². The molecule has 0 bridgehead atoms. The molecule has 0 radical (unpaired) electrons. The Bertz CT molecular complexity index is 906. The van der Waals surface area contributed by atoms with Gasteiger partial charge in [0.15, 0.2) is 0 Å². The maximum atomic E-state index is 12.2. The summed E-state index contributed by atoms with van der Waals surface area (Å²) >= 11 is 1.16. The van der Waals surface area contributed by atoms with Crippen LogP contribution in [0.1, 0.15) is 10.4 Å². The number of nitrogens with one attached hydrogen (secondary N) is 1. The van der Waals surface area contributed by atoms with E-state index in [2.05, 4.69) is 10.3 Å². The highest BCUT2D eigenvalue weighted by molar-refractivity contribution is 8.00. The first kappa shape index (κ1) is 16.0. The van der Waals surface area contributed by atoms with Gasteiger partial charge < -0.3 is 15.2 Å². The summed E-state index contributed by atoms with van der Waals surface area (Å²) in [6.07, 6.45) is 1.64. The van der Waals surface area contributed by atoms with Gasteiger partial charge in [-0.2, -0.15) is 0 Å². The second kappa shape index (κ2) is 7.14. The van der Waals surface area contributed by atoms with Gasteiger partial charge in [-0.15, -0.1) is 11.8 Å². The number of nitrogens with zero attached hydrogens (tertiary/aromatic N) is 1. The number of carbonyl (C=O) groups is 2. The number of aromatic carboxylic acids is 1. The van der Waals surface area contributed by atoms with Gasteiger partial charge in [0.25, 0.3) is 0 Å². The van der Waals surface area contributed by atoms with Crippen LogP contribution in [0.2, 0.25) is 0 Å². The maximum Gasteiger partial charge on any atom is 0.234 e. The second-order valence-corrected chi connectivity index (χ2v) is 6.01. The molecule has 2 aromatic carbocycles. The first-order chi connectivity index (χ1) is 11.6. The van der Waals surface area contributed by atoms with Crippen LogP contribution in [0.3, 0.4) is 0 Å². The molecule has 0 spiro atoms. The summed E-state index contributed by atoms with van der Waals surface area (Å²) in [4.78, 5) is 28.0. The minimum absolute atomic E-state index is 0.0876. The van der Waals surface area contributed by atoms with Crippen molar-refractivity contribution in [1.82, 2.24) is 4.98 Å². The number of carbonyl (C=O) groups excluding carboxylic acids is 2. The van der Waals surface area contributed by atoms with Gasteiger partial charge in [-0.3, -0.25) is 9.78 Å². The smallest absolute Gasteiger partial charge is 0.234 e. The van der Waals surface area contributed by atoms with E-state index >= 15 is 0 Å². The Morgan fingerprint density at radius 1 is 1.04 bits per heavy atom. The minimum atomic E-state index is -1.25. The minimum Gasteiger partial charge on any atom is -0.545 e. The molecule has 1 amide bonds. The Labute approximate surface area is 142 Å². The fraction of sp³-hybridized carbons (Fsp3) is 0.0556. The summed E-state index contributed by atoms with van der Waals surface area (Å²) in [6.45, 7) is 0. The number of anilines is 1. The lowest BCUT2D eigenvalue weighted by atomic mass is 10.2. The van der Waals surface area contributed by atoms with E-state index in [0.29, 0.717) is 10.6 Å². The molecule has 0 saturated heterocycles. The van der Waals surface area contributed by atoms with Crippen molar-refractivity contribution in [3.63, 3.8) is 0 Å². The van der Waals surface area contributed by atoms with Crippen LogP contribution in [0.15, 0.2) is 65.7 Å². The van der Waals surface area contributed by atoms with Crippen molar-refractivity contribution in [3.05, 3.63) is 66.4 Å². The van der Waals surface area contributed by atoms with Gasteiger partial charge in [-0.05, 0) is 18.2 Å². The SMILES string of the molecule is O=C(CSc1ccccc1C(=O)[O-])Nc1ccnc2ccccc12. The molecular formula is C18H13N2O3S-. The van der Waals surface area contributed by atoms with E-state index in [-0.39, 0.29) is 17.2 Å². The highest BCUT2D eigenvalue weighted by Gasteiger charge is 2.09. The highest BCUT2D eigenvalue weighted by atomic mass is 32.2. The Morgan fingerprint density at radius 2 is 1.79 bits per heavy atom. The fourth-order valence-corrected chi connectivity index (χ4v) is 3.14. The van der Waals surface area contributed by atoms with Crippen LogP contribution in [0.25, 0.3) is 10.9 Å². The number of fused-ring (bicyclic) bond motifs is 1. The number of pyridine rings is 1. The number of carboxylic acid groups (broad SMARTS) is 1. The van der Waals surface area contributed by atoms with Crippen molar-refractivity contribution < 1.29 is 14.7 Å². The molecule has 0 aliphatic carbocycles. The lowest BCUT2D eigenvalue weighted by Crippen LogP contribution is -2.23. The molecule has 0 fully saturated rings. The predicted molar refractivity (Wildman–Crippen MR) is 91.9 cm³/mol. The number of carboxylic acids is 1. The molecule has 6 heteroatoms. The van der Waals surface area contributed by atoms with Crippen molar-refractivity contribution >= 4 is 40.2 Å². The van der Waals surface area contributed by atoms with E-state index in [1.165, 1.54) is 6.07 Å². The zero-order valence-corrected chi connectivity index (χ0v) is 13.4. The van der Waals surface area contributed by atoms with Gasteiger partial charge in [-0.25, -0.2) is 0 Å². The summed E-state index contributed by atoms with van der Waals surface area (Å²) in [5.74, 6) is -1.37. The van der Waals surface area contributed by atoms with Gasteiger partial charge in [-0.1, -0.05) is 36.4 Å². The van der Waals surface area contributed by atoms with E-state index in [1.54, 1.807) is 30.5 Å². The third kappa shape index (κ3) is 3.55. The standard InChI is InChI=1S/C18H14N2O3S/c21-17(11-24-16-8-4-2-6-13(16)18(22)23)20-15-9-10-19-14-7-3-1-5-12(14)15/h1-10H,11H2,(H,22,23)(H,19,20,21)/p-1. The molecule has 1 aromatic heterocycles. The van der Waals surface area contributed by atoms with Gasteiger partial charge in [0.1, 0.15) is 0 Å². The Morgan fingerprint density at radius 3 is 2.62 bits per heavy atom. The zero-order valence-electron chi connectivity index (χ0n) is 12.6. The monoisotopic (exact) mass is 337 g/mol. The quantitative estimate of drug-likeness (QED) is 0.723. The molecule has 0 unspecified atom stereocenters. The first-order valence-corrected chi connectivity index (χ1v) is 8.20. The average molecular weight is 337 g/mol. The van der Waals surface area contributed by atoms with Gasteiger partial charge in [0.05, 0.1) is 22.9 Å². The topological polar surface area (TPSA) is 82.1 Å². The van der Waals surface area contributed by atoms with Crippen LogP contribution in [0.5, 0.6) is 0 Å². The average Bonchev–Trinajstić information content (AvgIpc) is 2.60. The van der Waals surface area contributed by atoms with Gasteiger partial charge in [0, 0.05) is 22.0 Å². The van der Waals surface area contributed by atoms with Crippen LogP contribution in [-0.4, -0.2) is 22.6 Å². The number of thioether (sulfide) groups is 1. The molecule has 0 aliphatic heterocycles. The third-order valence-corrected chi connectivity index (χ3v) is 4.46. The van der Waals surface area contributed by atoms with E-state index in [1.807, 2.05) is 24.3 Å². The maximum absolute atomic E-state index is 12.2. The third-order valence-electron chi connectivity index (χ3n) is 3.39.